The molecule has 0 aliphatic carbocycles. The van der Waals surface area contributed by atoms with Crippen molar-refractivity contribution < 1.29 is 9.53 Å². The smallest absolute Gasteiger partial charge is 0.407 e. The summed E-state index contributed by atoms with van der Waals surface area (Å²) in [5, 5.41) is 2.75. The van der Waals surface area contributed by atoms with Crippen molar-refractivity contribution in [3.05, 3.63) is 46.5 Å². The van der Waals surface area contributed by atoms with Crippen LogP contribution < -0.4 is 5.32 Å². The number of carbonyl (C=O) groups excluding carboxylic acids is 1. The predicted octanol–water partition coefficient (Wildman–Crippen LogP) is 4.75. The van der Waals surface area contributed by atoms with Gasteiger partial charge in [-0.05, 0) is 44.4 Å². The molecule has 116 valence electrons. The van der Waals surface area contributed by atoms with E-state index in [0.29, 0.717) is 6.54 Å². The lowest BCUT2D eigenvalue weighted by molar-refractivity contribution is 0.0532. The average molecular weight is 310 g/mol. The van der Waals surface area contributed by atoms with Gasteiger partial charge in [-0.15, -0.1) is 0 Å². The number of alkyl carbamates (subject to hydrolysis) is 1. The Hall–Kier alpha value is -1.48. The summed E-state index contributed by atoms with van der Waals surface area (Å²) in [4.78, 5) is 11.7. The highest BCUT2D eigenvalue weighted by Gasteiger charge is 2.18. The van der Waals surface area contributed by atoms with Crippen molar-refractivity contribution in [2.24, 2.45) is 0 Å². The van der Waals surface area contributed by atoms with Crippen molar-refractivity contribution in [2.75, 3.05) is 6.54 Å². The number of hydrogen-bond donors (Lipinski definition) is 1. The summed E-state index contributed by atoms with van der Waals surface area (Å²) in [6.07, 6.45) is -0.435. The van der Waals surface area contributed by atoms with Crippen LogP contribution in [-0.4, -0.2) is 18.2 Å². The van der Waals surface area contributed by atoms with Crippen molar-refractivity contribution >= 4 is 17.7 Å². The van der Waals surface area contributed by atoms with Gasteiger partial charge in [-0.25, -0.2) is 4.79 Å². The van der Waals surface area contributed by atoms with E-state index in [-0.39, 0.29) is 5.92 Å². The van der Waals surface area contributed by atoms with Gasteiger partial charge in [0, 0.05) is 18.0 Å². The third kappa shape index (κ3) is 5.80. The van der Waals surface area contributed by atoms with Crippen LogP contribution in [0.4, 0.5) is 4.79 Å². The van der Waals surface area contributed by atoms with Gasteiger partial charge in [-0.3, -0.25) is 0 Å². The summed E-state index contributed by atoms with van der Waals surface area (Å²) in [5.41, 5.74) is 4.39. The van der Waals surface area contributed by atoms with E-state index < -0.39 is 11.7 Å². The van der Waals surface area contributed by atoms with Crippen LogP contribution in [0.2, 0.25) is 0 Å². The molecule has 0 aliphatic rings. The highest BCUT2D eigenvalue weighted by atomic mass is 35.5. The number of carbonyl (C=O) groups is 1. The molecule has 0 aromatic heterocycles. The van der Waals surface area contributed by atoms with Crippen LogP contribution in [0.25, 0.3) is 0 Å². The molecule has 0 spiro atoms. The molecule has 0 fully saturated rings. The molecule has 1 rings (SSSR count). The van der Waals surface area contributed by atoms with Gasteiger partial charge in [0.15, 0.2) is 0 Å². The fourth-order valence-electron chi connectivity index (χ4n) is 2.05. The van der Waals surface area contributed by atoms with E-state index in [1.54, 1.807) is 0 Å². The van der Waals surface area contributed by atoms with Gasteiger partial charge in [-0.1, -0.05) is 42.8 Å². The lowest BCUT2D eigenvalue weighted by atomic mass is 9.90. The summed E-state index contributed by atoms with van der Waals surface area (Å²) in [6, 6.07) is 8.16. The number of rotatable bonds is 4. The maximum Gasteiger partial charge on any atom is 0.407 e. The molecule has 0 radical (unpaired) electrons. The van der Waals surface area contributed by atoms with E-state index in [4.69, 9.17) is 16.3 Å². The van der Waals surface area contributed by atoms with Crippen molar-refractivity contribution in [1.29, 1.82) is 0 Å². The highest BCUT2D eigenvalue weighted by molar-refractivity contribution is 6.25. The number of halogens is 1. The summed E-state index contributed by atoms with van der Waals surface area (Å²) in [5.74, 6) is 0.138. The Morgan fingerprint density at radius 2 is 2.00 bits per heavy atom. The molecule has 21 heavy (non-hydrogen) atoms. The number of amides is 1. The largest absolute Gasteiger partial charge is 0.444 e. The number of hydrogen-bond acceptors (Lipinski definition) is 2. The van der Waals surface area contributed by atoms with E-state index in [9.17, 15) is 4.79 Å². The minimum Gasteiger partial charge on any atom is -0.444 e. The van der Waals surface area contributed by atoms with Gasteiger partial charge in [0.1, 0.15) is 5.60 Å². The van der Waals surface area contributed by atoms with Crippen molar-refractivity contribution in [1.82, 2.24) is 5.32 Å². The maximum atomic E-state index is 11.7. The Kier molecular flexibility index (Phi) is 6.28. The maximum absolute atomic E-state index is 11.7. The zero-order valence-electron chi connectivity index (χ0n) is 13.4. The third-order valence-electron chi connectivity index (χ3n) is 3.19. The number of nitrogens with one attached hydrogen (secondary N) is 1. The summed E-state index contributed by atoms with van der Waals surface area (Å²) in [6.45, 7) is 10.0. The molecule has 3 nitrogen and oxygen atoms in total. The topological polar surface area (TPSA) is 38.3 Å². The van der Waals surface area contributed by atoms with Crippen LogP contribution in [0.5, 0.6) is 0 Å². The van der Waals surface area contributed by atoms with Gasteiger partial charge < -0.3 is 10.1 Å². The fraction of sp³-hybridized carbons (Fsp3) is 0.471. The lowest BCUT2D eigenvalue weighted by Crippen LogP contribution is -2.34. The summed E-state index contributed by atoms with van der Waals surface area (Å²) < 4.78 is 5.22. The zero-order chi connectivity index (χ0) is 16.0. The van der Waals surface area contributed by atoms with Crippen LogP contribution in [-0.2, 0) is 4.74 Å². The average Bonchev–Trinajstić information content (AvgIpc) is 2.37. The molecule has 0 saturated heterocycles. The summed E-state index contributed by atoms with van der Waals surface area (Å²) in [7, 11) is 0. The Bertz CT molecular complexity index is 518. The zero-order valence-corrected chi connectivity index (χ0v) is 14.1. The van der Waals surface area contributed by atoms with Crippen molar-refractivity contribution in [2.45, 2.75) is 46.1 Å². The van der Waals surface area contributed by atoms with Crippen LogP contribution in [0.1, 0.15) is 44.7 Å². The SMILES string of the molecule is Cc1ccccc1C(C)C(=CCl)CNC(=O)OC(C)(C)C. The number of aryl methyl sites for hydroxylation is 1. The van der Waals surface area contributed by atoms with E-state index in [2.05, 4.69) is 31.3 Å². The molecule has 1 atom stereocenters. The molecule has 1 amide bonds. The van der Waals surface area contributed by atoms with E-state index in [0.717, 1.165) is 5.57 Å². The Morgan fingerprint density at radius 1 is 1.38 bits per heavy atom. The van der Waals surface area contributed by atoms with Crippen molar-refractivity contribution in [3.8, 4) is 0 Å². The Labute approximate surface area is 132 Å². The molecule has 1 aromatic rings. The second-order valence-electron chi connectivity index (χ2n) is 6.12. The van der Waals surface area contributed by atoms with Crippen molar-refractivity contribution in [3.63, 3.8) is 0 Å². The molecular formula is C17H24ClNO2. The van der Waals surface area contributed by atoms with Crippen LogP contribution >= 0.6 is 11.6 Å². The van der Waals surface area contributed by atoms with E-state index >= 15 is 0 Å². The molecular weight excluding hydrogens is 286 g/mol. The molecule has 0 aliphatic heterocycles. The van der Waals surface area contributed by atoms with Gasteiger partial charge in [0.25, 0.3) is 0 Å². The first kappa shape index (κ1) is 17.6. The second kappa shape index (κ2) is 7.51. The quantitative estimate of drug-likeness (QED) is 0.872. The molecule has 1 N–H and O–H groups in total. The van der Waals surface area contributed by atoms with E-state index in [1.807, 2.05) is 32.9 Å². The van der Waals surface area contributed by atoms with E-state index in [1.165, 1.54) is 16.7 Å². The molecule has 4 heteroatoms. The molecule has 0 saturated carbocycles. The lowest BCUT2D eigenvalue weighted by Gasteiger charge is -2.22. The molecule has 0 heterocycles. The second-order valence-corrected chi connectivity index (χ2v) is 6.34. The number of benzene rings is 1. The minimum absolute atomic E-state index is 0.138. The molecule has 0 bridgehead atoms. The molecule has 1 aromatic carbocycles. The van der Waals surface area contributed by atoms with Gasteiger partial charge in [0.2, 0.25) is 0 Å². The minimum atomic E-state index is -0.503. The van der Waals surface area contributed by atoms with Crippen LogP contribution in [0.15, 0.2) is 35.4 Å². The first-order chi connectivity index (χ1) is 9.74. The fourth-order valence-corrected chi connectivity index (χ4v) is 2.31. The van der Waals surface area contributed by atoms with Crippen LogP contribution in [0.3, 0.4) is 0 Å². The first-order valence-electron chi connectivity index (χ1n) is 7.06. The first-order valence-corrected chi connectivity index (χ1v) is 7.49. The molecule has 1 unspecified atom stereocenters. The highest BCUT2D eigenvalue weighted by Crippen LogP contribution is 2.26. The van der Waals surface area contributed by atoms with Gasteiger partial charge >= 0.3 is 6.09 Å². The van der Waals surface area contributed by atoms with Gasteiger partial charge in [-0.2, -0.15) is 0 Å². The summed E-state index contributed by atoms with van der Waals surface area (Å²) >= 11 is 5.93. The third-order valence-corrected chi connectivity index (χ3v) is 3.47. The normalized spacial score (nSPS) is 13.7. The Morgan fingerprint density at radius 3 is 2.52 bits per heavy atom. The number of ether oxygens (including phenoxy) is 1. The predicted molar refractivity (Wildman–Crippen MR) is 87.8 cm³/mol. The standard InChI is InChI=1S/C17H24ClNO2/c1-12-8-6-7-9-15(12)13(2)14(10-18)11-19-16(20)21-17(3,4)5/h6-10,13H,11H2,1-5H3,(H,19,20). The van der Waals surface area contributed by atoms with Gasteiger partial charge in [0.05, 0.1) is 0 Å². The Balaban J connectivity index is 2.68. The van der Waals surface area contributed by atoms with Crippen LogP contribution in [0, 0.1) is 6.92 Å². The monoisotopic (exact) mass is 309 g/mol.